The van der Waals surface area contributed by atoms with Gasteiger partial charge >= 0.3 is 5.97 Å². The van der Waals surface area contributed by atoms with Crippen molar-refractivity contribution in [3.05, 3.63) is 34.2 Å². The fourth-order valence-corrected chi connectivity index (χ4v) is 3.41. The lowest BCUT2D eigenvalue weighted by Crippen LogP contribution is -2.34. The smallest absolute Gasteiger partial charge is 0.325 e. The van der Waals surface area contributed by atoms with Crippen LogP contribution in [0.2, 0.25) is 0 Å². The van der Waals surface area contributed by atoms with Gasteiger partial charge in [-0.05, 0) is 24.6 Å². The van der Waals surface area contributed by atoms with Crippen molar-refractivity contribution < 1.29 is 18.3 Å². The van der Waals surface area contributed by atoms with E-state index in [4.69, 9.17) is 10.8 Å². The maximum atomic E-state index is 12.0. The highest BCUT2D eigenvalue weighted by molar-refractivity contribution is 7.96. The normalized spacial score (nSPS) is 18.4. The lowest BCUT2D eigenvalue weighted by Gasteiger charge is -2.07. The second-order valence-electron chi connectivity index (χ2n) is 3.91. The summed E-state index contributed by atoms with van der Waals surface area (Å²) in [5.41, 5.74) is 6.77. The molecule has 0 aromatic heterocycles. The van der Waals surface area contributed by atoms with Crippen LogP contribution in [0.25, 0.3) is 6.08 Å². The number of hydrogen-bond acceptors (Lipinski definition) is 4. The molecular weight excluding hydrogens is 242 g/mol. The van der Waals surface area contributed by atoms with Crippen LogP contribution in [0, 0.1) is 6.92 Å². The number of hydrogen-bond donors (Lipinski definition) is 2. The number of aryl methyl sites for hydroxylation is 1. The molecule has 17 heavy (non-hydrogen) atoms. The highest BCUT2D eigenvalue weighted by Crippen LogP contribution is 2.34. The molecule has 5 nitrogen and oxygen atoms in total. The number of benzene rings is 1. The SMILES string of the molecule is Cc1ccc2c(c1)C=C(C(N)C(=O)O)S2(=O)=O. The van der Waals surface area contributed by atoms with Gasteiger partial charge in [0.2, 0.25) is 9.84 Å². The third kappa shape index (κ3) is 1.75. The highest BCUT2D eigenvalue weighted by atomic mass is 32.2. The molecule has 0 spiro atoms. The predicted molar refractivity (Wildman–Crippen MR) is 62.0 cm³/mol. The molecule has 1 heterocycles. The quantitative estimate of drug-likeness (QED) is 0.801. The maximum Gasteiger partial charge on any atom is 0.325 e. The molecule has 2 rings (SSSR count). The Bertz CT molecular complexity index is 631. The van der Waals surface area contributed by atoms with Gasteiger partial charge in [-0.1, -0.05) is 17.7 Å². The molecular formula is C11H11NO4S. The number of rotatable bonds is 2. The van der Waals surface area contributed by atoms with E-state index in [1.165, 1.54) is 12.1 Å². The summed E-state index contributed by atoms with van der Waals surface area (Å²) in [5.74, 6) is -1.36. The summed E-state index contributed by atoms with van der Waals surface area (Å²) < 4.78 is 24.1. The van der Waals surface area contributed by atoms with E-state index in [2.05, 4.69) is 0 Å². The van der Waals surface area contributed by atoms with E-state index in [1.54, 1.807) is 12.1 Å². The summed E-state index contributed by atoms with van der Waals surface area (Å²) in [6, 6.07) is 3.30. The first kappa shape index (κ1) is 11.8. The van der Waals surface area contributed by atoms with Gasteiger partial charge < -0.3 is 10.8 Å². The van der Waals surface area contributed by atoms with E-state index in [9.17, 15) is 13.2 Å². The van der Waals surface area contributed by atoms with Gasteiger partial charge in [-0.2, -0.15) is 0 Å². The highest BCUT2D eigenvalue weighted by Gasteiger charge is 2.35. The fraction of sp³-hybridized carbons (Fsp3) is 0.182. The monoisotopic (exact) mass is 253 g/mol. The molecule has 0 amide bonds. The second kappa shape index (κ2) is 3.68. The predicted octanol–water partition coefficient (Wildman–Crippen LogP) is 0.535. The van der Waals surface area contributed by atoms with Crippen LogP contribution in [0.15, 0.2) is 28.0 Å². The van der Waals surface area contributed by atoms with Crippen LogP contribution in [-0.4, -0.2) is 25.5 Å². The molecule has 1 aliphatic rings. The van der Waals surface area contributed by atoms with Gasteiger partial charge in [0, 0.05) is 0 Å². The van der Waals surface area contributed by atoms with Gasteiger partial charge in [-0.15, -0.1) is 0 Å². The van der Waals surface area contributed by atoms with E-state index in [0.29, 0.717) is 5.56 Å². The first-order chi connectivity index (χ1) is 7.84. The molecule has 0 saturated heterocycles. The standard InChI is InChI=1S/C11H11NO4S/c1-6-2-3-8-7(4-6)5-9(17(8,15)16)10(12)11(13)14/h2-5,10H,12H2,1H3,(H,13,14). The van der Waals surface area contributed by atoms with Crippen molar-refractivity contribution in [2.24, 2.45) is 5.73 Å². The summed E-state index contributed by atoms with van der Waals surface area (Å²) in [6.07, 6.45) is 1.33. The number of carboxylic acid groups (broad SMARTS) is 1. The third-order valence-corrected chi connectivity index (χ3v) is 4.58. The maximum absolute atomic E-state index is 12.0. The van der Waals surface area contributed by atoms with Crippen molar-refractivity contribution in [1.82, 2.24) is 0 Å². The molecule has 0 aliphatic carbocycles. The van der Waals surface area contributed by atoms with Crippen molar-refractivity contribution in [2.75, 3.05) is 0 Å². The summed E-state index contributed by atoms with van der Waals surface area (Å²) in [5, 5.41) is 8.78. The Morgan fingerprint density at radius 2 is 2.06 bits per heavy atom. The van der Waals surface area contributed by atoms with E-state index < -0.39 is 21.8 Å². The van der Waals surface area contributed by atoms with Crippen molar-refractivity contribution in [3.8, 4) is 0 Å². The number of fused-ring (bicyclic) bond motifs is 1. The van der Waals surface area contributed by atoms with Crippen LogP contribution in [0.5, 0.6) is 0 Å². The minimum Gasteiger partial charge on any atom is -0.480 e. The Morgan fingerprint density at radius 1 is 1.41 bits per heavy atom. The Hall–Kier alpha value is -1.66. The van der Waals surface area contributed by atoms with Gasteiger partial charge in [0.25, 0.3) is 0 Å². The number of sulfone groups is 1. The largest absolute Gasteiger partial charge is 0.480 e. The molecule has 1 aromatic carbocycles. The molecule has 0 radical (unpaired) electrons. The topological polar surface area (TPSA) is 97.5 Å². The van der Waals surface area contributed by atoms with Crippen LogP contribution in [0.1, 0.15) is 11.1 Å². The summed E-state index contributed by atoms with van der Waals surface area (Å²) in [7, 11) is -3.75. The molecule has 1 aromatic rings. The molecule has 3 N–H and O–H groups in total. The van der Waals surface area contributed by atoms with Crippen LogP contribution >= 0.6 is 0 Å². The van der Waals surface area contributed by atoms with Crippen molar-refractivity contribution >= 4 is 21.9 Å². The van der Waals surface area contributed by atoms with Crippen LogP contribution < -0.4 is 5.73 Å². The molecule has 1 aliphatic heterocycles. The molecule has 0 bridgehead atoms. The summed E-state index contributed by atoms with van der Waals surface area (Å²) in [4.78, 5) is 10.6. The van der Waals surface area contributed by atoms with Gasteiger partial charge in [-0.25, -0.2) is 8.42 Å². The first-order valence-electron chi connectivity index (χ1n) is 4.90. The number of carbonyl (C=O) groups is 1. The van der Waals surface area contributed by atoms with Crippen LogP contribution in [0.3, 0.4) is 0 Å². The number of carboxylic acids is 1. The Labute approximate surface area is 98.5 Å². The average molecular weight is 253 g/mol. The van der Waals surface area contributed by atoms with Gasteiger partial charge in [0.15, 0.2) is 0 Å². The second-order valence-corrected chi connectivity index (χ2v) is 5.83. The van der Waals surface area contributed by atoms with E-state index in [-0.39, 0.29) is 9.80 Å². The zero-order chi connectivity index (χ0) is 12.8. The molecule has 6 heteroatoms. The molecule has 1 unspecified atom stereocenters. The lowest BCUT2D eigenvalue weighted by atomic mass is 10.1. The fourth-order valence-electron chi connectivity index (χ4n) is 1.76. The van der Waals surface area contributed by atoms with Crippen molar-refractivity contribution in [1.29, 1.82) is 0 Å². The van der Waals surface area contributed by atoms with E-state index >= 15 is 0 Å². The van der Waals surface area contributed by atoms with E-state index in [1.807, 2.05) is 6.92 Å². The molecule has 0 fully saturated rings. The Morgan fingerprint density at radius 3 is 2.65 bits per heavy atom. The summed E-state index contributed by atoms with van der Waals surface area (Å²) in [6.45, 7) is 1.83. The van der Waals surface area contributed by atoms with E-state index in [0.717, 1.165) is 5.56 Å². The number of nitrogens with two attached hydrogens (primary N) is 1. The van der Waals surface area contributed by atoms with Crippen LogP contribution in [0.4, 0.5) is 0 Å². The van der Waals surface area contributed by atoms with Crippen LogP contribution in [-0.2, 0) is 14.6 Å². The molecule has 1 atom stereocenters. The third-order valence-electron chi connectivity index (χ3n) is 2.64. The zero-order valence-corrected chi connectivity index (χ0v) is 9.86. The Balaban J connectivity index is 2.62. The van der Waals surface area contributed by atoms with Gasteiger partial charge in [0.1, 0.15) is 6.04 Å². The minimum absolute atomic E-state index is 0.120. The number of aliphatic carboxylic acids is 1. The lowest BCUT2D eigenvalue weighted by molar-refractivity contribution is -0.137. The molecule has 0 saturated carbocycles. The van der Waals surface area contributed by atoms with Gasteiger partial charge in [-0.3, -0.25) is 4.79 Å². The minimum atomic E-state index is -3.75. The average Bonchev–Trinajstić information content (AvgIpc) is 2.48. The zero-order valence-electron chi connectivity index (χ0n) is 9.04. The first-order valence-corrected chi connectivity index (χ1v) is 6.38. The van der Waals surface area contributed by atoms with Crippen molar-refractivity contribution in [3.63, 3.8) is 0 Å². The Kier molecular flexibility index (Phi) is 2.56. The van der Waals surface area contributed by atoms with Crippen molar-refractivity contribution in [2.45, 2.75) is 17.9 Å². The molecule has 90 valence electrons. The summed E-state index contributed by atoms with van der Waals surface area (Å²) >= 11 is 0. The van der Waals surface area contributed by atoms with Gasteiger partial charge in [0.05, 0.1) is 9.80 Å².